The van der Waals surface area contributed by atoms with Gasteiger partial charge in [0.1, 0.15) is 5.78 Å². The predicted octanol–water partition coefficient (Wildman–Crippen LogP) is 2.34. The Kier molecular flexibility index (Phi) is 7.80. The van der Waals surface area contributed by atoms with Gasteiger partial charge in [0.15, 0.2) is 0 Å². The quantitative estimate of drug-likeness (QED) is 0.468. The predicted molar refractivity (Wildman–Crippen MR) is 73.7 cm³/mol. The standard InChI is InChI=1S/C11H17N3O.C2H6/c1-2-9(15)7-8-14(13)11-6-4-3-5-10(11)12;1-2/h3-6H,2,7-8,12-13H2,1H3;1-2H3. The van der Waals surface area contributed by atoms with E-state index in [-0.39, 0.29) is 5.78 Å². The molecule has 0 bridgehead atoms. The van der Waals surface area contributed by atoms with E-state index in [2.05, 4.69) is 0 Å². The highest BCUT2D eigenvalue weighted by atomic mass is 16.1. The lowest BCUT2D eigenvalue weighted by Gasteiger charge is -2.19. The molecule has 4 heteroatoms. The lowest BCUT2D eigenvalue weighted by molar-refractivity contribution is -0.118. The van der Waals surface area contributed by atoms with Gasteiger partial charge in [-0.3, -0.25) is 4.79 Å². The van der Waals surface area contributed by atoms with E-state index in [1.165, 1.54) is 5.01 Å². The Hall–Kier alpha value is -1.55. The second-order valence-corrected chi connectivity index (χ2v) is 3.39. The lowest BCUT2D eigenvalue weighted by Crippen LogP contribution is -2.33. The molecule has 0 aromatic heterocycles. The molecule has 1 rings (SSSR count). The van der Waals surface area contributed by atoms with Gasteiger partial charge in [0, 0.05) is 19.4 Å². The third-order valence-corrected chi connectivity index (χ3v) is 2.27. The summed E-state index contributed by atoms with van der Waals surface area (Å²) in [6, 6.07) is 7.35. The van der Waals surface area contributed by atoms with Gasteiger partial charge in [0.2, 0.25) is 0 Å². The number of carbonyl (C=O) groups is 1. The maximum Gasteiger partial charge on any atom is 0.134 e. The number of rotatable bonds is 5. The Bertz CT molecular complexity index is 339. The molecule has 0 heterocycles. The van der Waals surface area contributed by atoms with Gasteiger partial charge < -0.3 is 10.7 Å². The Labute approximate surface area is 104 Å². The minimum Gasteiger partial charge on any atom is -0.397 e. The van der Waals surface area contributed by atoms with Crippen molar-refractivity contribution >= 4 is 17.2 Å². The van der Waals surface area contributed by atoms with Gasteiger partial charge in [-0.15, -0.1) is 0 Å². The average Bonchev–Trinajstić information content (AvgIpc) is 2.38. The molecule has 0 spiro atoms. The molecule has 1 aromatic rings. The summed E-state index contributed by atoms with van der Waals surface area (Å²) in [5, 5.41) is 1.52. The number of para-hydroxylation sites is 2. The fourth-order valence-corrected chi connectivity index (χ4v) is 1.29. The zero-order valence-corrected chi connectivity index (χ0v) is 10.9. The molecule has 17 heavy (non-hydrogen) atoms. The Morgan fingerprint density at radius 2 is 1.88 bits per heavy atom. The third-order valence-electron chi connectivity index (χ3n) is 2.27. The Morgan fingerprint density at radius 1 is 1.29 bits per heavy atom. The molecule has 4 N–H and O–H groups in total. The number of Topliss-reactive ketones (excluding diaryl/α,β-unsaturated/α-hetero) is 1. The number of benzene rings is 1. The number of ketones is 1. The second-order valence-electron chi connectivity index (χ2n) is 3.39. The Morgan fingerprint density at radius 3 is 2.41 bits per heavy atom. The fraction of sp³-hybridized carbons (Fsp3) is 0.462. The van der Waals surface area contributed by atoms with E-state index in [4.69, 9.17) is 11.6 Å². The second kappa shape index (κ2) is 8.58. The van der Waals surface area contributed by atoms with Gasteiger partial charge >= 0.3 is 0 Å². The van der Waals surface area contributed by atoms with Crippen LogP contribution < -0.4 is 16.6 Å². The monoisotopic (exact) mass is 237 g/mol. The first-order valence-corrected chi connectivity index (χ1v) is 6.03. The number of anilines is 2. The van der Waals surface area contributed by atoms with Gasteiger partial charge in [-0.25, -0.2) is 5.84 Å². The largest absolute Gasteiger partial charge is 0.397 e. The number of hydrogen-bond donors (Lipinski definition) is 2. The van der Waals surface area contributed by atoms with Crippen molar-refractivity contribution in [1.29, 1.82) is 0 Å². The molecule has 0 amide bonds. The van der Waals surface area contributed by atoms with Gasteiger partial charge in [-0.05, 0) is 12.1 Å². The minimum atomic E-state index is 0.208. The van der Waals surface area contributed by atoms with Crippen LogP contribution in [0.4, 0.5) is 11.4 Å². The summed E-state index contributed by atoms with van der Waals surface area (Å²) >= 11 is 0. The molecule has 0 aliphatic heterocycles. The summed E-state index contributed by atoms with van der Waals surface area (Å²) in [5.41, 5.74) is 7.15. The topological polar surface area (TPSA) is 72.3 Å². The summed E-state index contributed by atoms with van der Waals surface area (Å²) in [4.78, 5) is 11.1. The summed E-state index contributed by atoms with van der Waals surface area (Å²) in [6.45, 7) is 6.35. The fourth-order valence-electron chi connectivity index (χ4n) is 1.29. The van der Waals surface area contributed by atoms with Crippen molar-refractivity contribution in [2.24, 2.45) is 5.84 Å². The van der Waals surface area contributed by atoms with E-state index < -0.39 is 0 Å². The number of nitrogens with two attached hydrogens (primary N) is 2. The summed E-state index contributed by atoms with van der Waals surface area (Å²) < 4.78 is 0. The first-order chi connectivity index (χ1) is 8.15. The van der Waals surface area contributed by atoms with Gasteiger partial charge in [-0.2, -0.15) is 0 Å². The lowest BCUT2D eigenvalue weighted by atomic mass is 10.2. The number of hydrogen-bond acceptors (Lipinski definition) is 4. The summed E-state index contributed by atoms with van der Waals surface area (Å²) in [5.74, 6) is 6.01. The van der Waals surface area contributed by atoms with E-state index >= 15 is 0 Å². The van der Waals surface area contributed by atoms with Crippen LogP contribution >= 0.6 is 0 Å². The van der Waals surface area contributed by atoms with Crippen LogP contribution in [0, 0.1) is 0 Å². The molecule has 0 aliphatic rings. The summed E-state index contributed by atoms with van der Waals surface area (Å²) in [7, 11) is 0. The van der Waals surface area contributed by atoms with Crippen LogP contribution in [0.5, 0.6) is 0 Å². The summed E-state index contributed by atoms with van der Waals surface area (Å²) in [6.07, 6.45) is 1.01. The van der Waals surface area contributed by atoms with Crippen LogP contribution in [0.1, 0.15) is 33.6 Å². The molecular formula is C13H23N3O. The number of hydrazine groups is 1. The average molecular weight is 237 g/mol. The van der Waals surface area contributed by atoms with Crippen LogP contribution in [0.3, 0.4) is 0 Å². The van der Waals surface area contributed by atoms with E-state index in [1.54, 1.807) is 6.07 Å². The van der Waals surface area contributed by atoms with Crippen molar-refractivity contribution in [2.45, 2.75) is 33.6 Å². The van der Waals surface area contributed by atoms with Crippen molar-refractivity contribution in [1.82, 2.24) is 0 Å². The van der Waals surface area contributed by atoms with Crippen molar-refractivity contribution in [3.05, 3.63) is 24.3 Å². The smallest absolute Gasteiger partial charge is 0.134 e. The van der Waals surface area contributed by atoms with Crippen molar-refractivity contribution in [2.75, 3.05) is 17.3 Å². The van der Waals surface area contributed by atoms with Crippen LogP contribution in [0.2, 0.25) is 0 Å². The van der Waals surface area contributed by atoms with Gasteiger partial charge in [-0.1, -0.05) is 32.9 Å². The molecule has 1 aromatic carbocycles. The first-order valence-electron chi connectivity index (χ1n) is 6.03. The highest BCUT2D eigenvalue weighted by molar-refractivity contribution is 5.78. The van der Waals surface area contributed by atoms with Crippen molar-refractivity contribution in [3.63, 3.8) is 0 Å². The van der Waals surface area contributed by atoms with Crippen molar-refractivity contribution in [3.8, 4) is 0 Å². The van der Waals surface area contributed by atoms with E-state index in [0.717, 1.165) is 5.69 Å². The van der Waals surface area contributed by atoms with Crippen molar-refractivity contribution < 1.29 is 4.79 Å². The van der Waals surface area contributed by atoms with E-state index in [1.807, 2.05) is 39.0 Å². The number of carbonyl (C=O) groups excluding carboxylic acids is 1. The van der Waals surface area contributed by atoms with Crippen LogP contribution in [-0.2, 0) is 4.79 Å². The van der Waals surface area contributed by atoms with E-state index in [0.29, 0.717) is 25.1 Å². The third kappa shape index (κ3) is 5.36. The zero-order chi connectivity index (χ0) is 13.3. The molecule has 0 aliphatic carbocycles. The first kappa shape index (κ1) is 15.4. The maximum atomic E-state index is 11.1. The Balaban J connectivity index is 0.00000121. The minimum absolute atomic E-state index is 0.208. The van der Waals surface area contributed by atoms with Gasteiger partial charge in [0.05, 0.1) is 11.4 Å². The van der Waals surface area contributed by atoms with Crippen LogP contribution in [0.15, 0.2) is 24.3 Å². The van der Waals surface area contributed by atoms with Crippen LogP contribution in [0.25, 0.3) is 0 Å². The number of nitrogen functional groups attached to an aromatic ring is 1. The maximum absolute atomic E-state index is 11.1. The normalized spacial score (nSPS) is 9.18. The molecule has 0 unspecified atom stereocenters. The molecule has 96 valence electrons. The zero-order valence-electron chi connectivity index (χ0n) is 10.9. The molecule has 0 saturated heterocycles. The molecule has 0 saturated carbocycles. The SMILES string of the molecule is CC.CCC(=O)CCN(N)c1ccccc1N. The van der Waals surface area contributed by atoms with Crippen LogP contribution in [-0.4, -0.2) is 12.3 Å². The molecule has 0 radical (unpaired) electrons. The number of nitrogens with zero attached hydrogens (tertiary/aromatic N) is 1. The van der Waals surface area contributed by atoms with Gasteiger partial charge in [0.25, 0.3) is 0 Å². The highest BCUT2D eigenvalue weighted by Gasteiger charge is 2.06. The molecular weight excluding hydrogens is 214 g/mol. The highest BCUT2D eigenvalue weighted by Crippen LogP contribution is 2.19. The molecule has 4 nitrogen and oxygen atoms in total. The molecule has 0 atom stereocenters. The molecule has 0 fully saturated rings. The van der Waals surface area contributed by atoms with E-state index in [9.17, 15) is 4.79 Å².